The van der Waals surface area contributed by atoms with E-state index in [2.05, 4.69) is 4.74 Å². The third kappa shape index (κ3) is 5.05. The van der Waals surface area contributed by atoms with Gasteiger partial charge >= 0.3 is 6.11 Å². The molecule has 3 saturated carbocycles. The largest absolute Gasteiger partial charge is 0.432 e. The van der Waals surface area contributed by atoms with Crippen LogP contribution < -0.4 is 4.74 Å². The summed E-state index contributed by atoms with van der Waals surface area (Å²) in [5.41, 5.74) is 0. The zero-order chi connectivity index (χ0) is 20.6. The molecule has 0 aromatic heterocycles. The topological polar surface area (TPSA) is 9.23 Å². The number of ether oxygens (including phenoxy) is 1. The Balaban J connectivity index is 1.27. The molecule has 0 spiro atoms. The Kier molecular flexibility index (Phi) is 6.08. The third-order valence-corrected chi connectivity index (χ3v) is 7.38. The molecule has 1 nitrogen and oxygen atoms in total. The highest BCUT2D eigenvalue weighted by Gasteiger charge is 2.45. The Morgan fingerprint density at radius 1 is 0.724 bits per heavy atom. The lowest BCUT2D eigenvalue weighted by Gasteiger charge is -2.39. The molecule has 6 heteroatoms. The monoisotopic (exact) mass is 416 g/mol. The quantitative estimate of drug-likeness (QED) is 0.345. The summed E-state index contributed by atoms with van der Waals surface area (Å²) in [4.78, 5) is 0. The molecule has 3 aliphatic rings. The summed E-state index contributed by atoms with van der Waals surface area (Å²) >= 11 is 0. The maximum absolute atomic E-state index is 14.5. The average Bonchev–Trinajstić information content (AvgIpc) is 3.50. The molecule has 0 unspecified atom stereocenters. The molecule has 0 aliphatic heterocycles. The normalized spacial score (nSPS) is 30.9. The van der Waals surface area contributed by atoms with Gasteiger partial charge in [0, 0.05) is 12.1 Å². The fourth-order valence-corrected chi connectivity index (χ4v) is 5.48. The predicted molar refractivity (Wildman–Crippen MR) is 100 cm³/mol. The lowest BCUT2D eigenvalue weighted by atomic mass is 9.68. The van der Waals surface area contributed by atoms with E-state index in [1.54, 1.807) is 0 Å². The minimum absolute atomic E-state index is 0.339. The van der Waals surface area contributed by atoms with Crippen molar-refractivity contribution >= 4 is 0 Å². The molecule has 1 aromatic rings. The summed E-state index contributed by atoms with van der Waals surface area (Å²) in [5, 5.41) is 0. The Labute approximate surface area is 169 Å². The zero-order valence-electron chi connectivity index (χ0n) is 16.6. The van der Waals surface area contributed by atoms with Crippen molar-refractivity contribution in [2.24, 2.45) is 29.6 Å². The Bertz CT molecular complexity index is 678. The van der Waals surface area contributed by atoms with Crippen LogP contribution in [-0.4, -0.2) is 6.11 Å². The molecule has 3 aliphatic carbocycles. The van der Waals surface area contributed by atoms with Gasteiger partial charge in [0.25, 0.3) is 0 Å². The number of alkyl halides is 2. The number of hydrogen-bond acceptors (Lipinski definition) is 1. The van der Waals surface area contributed by atoms with Crippen molar-refractivity contribution in [3.05, 3.63) is 29.6 Å². The summed E-state index contributed by atoms with van der Waals surface area (Å²) < 4.78 is 73.3. The molecule has 0 saturated heterocycles. The molecule has 1 aromatic carbocycles. The Morgan fingerprint density at radius 2 is 1.17 bits per heavy atom. The molecule has 0 bridgehead atoms. The minimum atomic E-state index is -3.52. The van der Waals surface area contributed by atoms with Crippen molar-refractivity contribution in [2.45, 2.75) is 76.7 Å². The first-order valence-electron chi connectivity index (χ1n) is 11.0. The van der Waals surface area contributed by atoms with Crippen molar-refractivity contribution < 1.29 is 26.7 Å². The fraction of sp³-hybridized carbons (Fsp3) is 0.739. The molecule has 0 N–H and O–H groups in total. The number of rotatable bonds is 6. The maximum atomic E-state index is 14.5. The van der Waals surface area contributed by atoms with E-state index in [1.165, 1.54) is 44.9 Å². The Morgan fingerprint density at radius 3 is 1.66 bits per heavy atom. The first-order valence-corrected chi connectivity index (χ1v) is 11.0. The summed E-state index contributed by atoms with van der Waals surface area (Å²) in [7, 11) is 0. The summed E-state index contributed by atoms with van der Waals surface area (Å²) in [6.07, 6.45) is 7.82. The molecule has 0 radical (unpaired) electrons. The standard InChI is InChI=1S/C23H29F5O/c24-20-12-19(13-21(25)22(20)26)29-23(27,28)18-9-7-17(8-10-18)16-5-3-15(4-6-16)11-14-1-2-14/h12-18H,1-11H2. The Hall–Kier alpha value is -1.33. The van der Waals surface area contributed by atoms with Crippen LogP contribution in [0.1, 0.15) is 70.6 Å². The van der Waals surface area contributed by atoms with Gasteiger partial charge in [-0.2, -0.15) is 8.78 Å². The molecule has 0 heterocycles. The lowest BCUT2D eigenvalue weighted by molar-refractivity contribution is -0.224. The van der Waals surface area contributed by atoms with Crippen LogP contribution in [0.25, 0.3) is 0 Å². The van der Waals surface area contributed by atoms with E-state index in [-0.39, 0.29) is 0 Å². The second kappa shape index (κ2) is 8.43. The van der Waals surface area contributed by atoms with E-state index in [0.29, 0.717) is 36.8 Å². The van der Waals surface area contributed by atoms with E-state index in [1.807, 2.05) is 0 Å². The highest BCUT2D eigenvalue weighted by Crippen LogP contribution is 2.47. The lowest BCUT2D eigenvalue weighted by Crippen LogP contribution is -2.38. The van der Waals surface area contributed by atoms with Crippen LogP contribution in [0.3, 0.4) is 0 Å². The second-order valence-corrected chi connectivity index (χ2v) is 9.44. The van der Waals surface area contributed by atoms with Crippen molar-refractivity contribution in [1.82, 2.24) is 0 Å². The molecule has 3 fully saturated rings. The molecule has 0 amide bonds. The summed E-state index contributed by atoms with van der Waals surface area (Å²) in [6, 6.07) is 0.941. The maximum Gasteiger partial charge on any atom is 0.400 e. The van der Waals surface area contributed by atoms with E-state index >= 15 is 0 Å². The average molecular weight is 416 g/mol. The van der Waals surface area contributed by atoms with Crippen LogP contribution >= 0.6 is 0 Å². The predicted octanol–water partition coefficient (Wildman–Crippen LogP) is 7.49. The summed E-state index contributed by atoms with van der Waals surface area (Å²) in [6.45, 7) is 0. The van der Waals surface area contributed by atoms with E-state index in [9.17, 15) is 22.0 Å². The van der Waals surface area contributed by atoms with Crippen LogP contribution in [0, 0.1) is 47.0 Å². The zero-order valence-corrected chi connectivity index (χ0v) is 16.6. The first-order chi connectivity index (χ1) is 13.8. The molecule has 29 heavy (non-hydrogen) atoms. The third-order valence-electron chi connectivity index (χ3n) is 7.38. The van der Waals surface area contributed by atoms with Crippen LogP contribution in [0.5, 0.6) is 5.75 Å². The van der Waals surface area contributed by atoms with Crippen LogP contribution in [-0.2, 0) is 0 Å². The van der Waals surface area contributed by atoms with Gasteiger partial charge in [0.05, 0.1) is 5.92 Å². The van der Waals surface area contributed by atoms with Crippen LogP contribution in [0.4, 0.5) is 22.0 Å². The highest BCUT2D eigenvalue weighted by molar-refractivity contribution is 5.25. The van der Waals surface area contributed by atoms with Gasteiger partial charge in [-0.25, -0.2) is 13.2 Å². The summed E-state index contributed by atoms with van der Waals surface area (Å²) in [5.74, 6) is -3.45. The van der Waals surface area contributed by atoms with Gasteiger partial charge in [0.15, 0.2) is 17.5 Å². The van der Waals surface area contributed by atoms with Gasteiger partial charge in [-0.3, -0.25) is 0 Å². The second-order valence-electron chi connectivity index (χ2n) is 9.44. The SMILES string of the molecule is Fc1cc(OC(F)(F)C2CCC(C3CCC(CC4CC4)CC3)CC2)cc(F)c1F. The molecule has 162 valence electrons. The van der Waals surface area contributed by atoms with Crippen molar-refractivity contribution in [3.8, 4) is 5.75 Å². The molecular weight excluding hydrogens is 387 g/mol. The first kappa shape index (κ1) is 20.9. The van der Waals surface area contributed by atoms with Crippen molar-refractivity contribution in [2.75, 3.05) is 0 Å². The van der Waals surface area contributed by atoms with Crippen molar-refractivity contribution in [1.29, 1.82) is 0 Å². The van der Waals surface area contributed by atoms with Gasteiger partial charge in [-0.1, -0.05) is 25.7 Å². The number of halogens is 5. The highest BCUT2D eigenvalue weighted by atomic mass is 19.3. The van der Waals surface area contributed by atoms with Crippen molar-refractivity contribution in [3.63, 3.8) is 0 Å². The number of benzene rings is 1. The van der Waals surface area contributed by atoms with Gasteiger partial charge < -0.3 is 4.74 Å². The van der Waals surface area contributed by atoms with Gasteiger partial charge in [-0.05, 0) is 68.6 Å². The van der Waals surface area contributed by atoms with E-state index in [4.69, 9.17) is 0 Å². The smallest absolute Gasteiger partial charge is 0.400 e. The van der Waals surface area contributed by atoms with E-state index in [0.717, 1.165) is 24.7 Å². The molecule has 0 atom stereocenters. The number of hydrogen-bond donors (Lipinski definition) is 0. The van der Waals surface area contributed by atoms with Gasteiger partial charge in [-0.15, -0.1) is 0 Å². The minimum Gasteiger partial charge on any atom is -0.432 e. The van der Waals surface area contributed by atoms with E-state index < -0.39 is 35.2 Å². The molecular formula is C23H29F5O. The molecule has 4 rings (SSSR count). The fourth-order valence-electron chi connectivity index (χ4n) is 5.48. The van der Waals surface area contributed by atoms with Crippen LogP contribution in [0.15, 0.2) is 12.1 Å². The van der Waals surface area contributed by atoms with Gasteiger partial charge in [0.1, 0.15) is 5.75 Å². The van der Waals surface area contributed by atoms with Crippen LogP contribution in [0.2, 0.25) is 0 Å². The van der Waals surface area contributed by atoms with Gasteiger partial charge in [0.2, 0.25) is 0 Å².